The Labute approximate surface area is 95.2 Å². The van der Waals surface area contributed by atoms with Crippen molar-refractivity contribution in [3.8, 4) is 0 Å². The van der Waals surface area contributed by atoms with Gasteiger partial charge in [0.25, 0.3) is 0 Å². The smallest absolute Gasteiger partial charge is 0.407 e. The summed E-state index contributed by atoms with van der Waals surface area (Å²) in [6.07, 6.45) is -0.891. The van der Waals surface area contributed by atoms with Crippen LogP contribution in [0.1, 0.15) is 13.8 Å². The van der Waals surface area contributed by atoms with E-state index >= 15 is 0 Å². The summed E-state index contributed by atoms with van der Waals surface area (Å²) in [6, 6.07) is 0. The monoisotopic (exact) mass is 229 g/mol. The summed E-state index contributed by atoms with van der Waals surface area (Å²) in [5.41, 5.74) is -0.584. The zero-order valence-corrected chi connectivity index (χ0v) is 9.99. The van der Waals surface area contributed by atoms with Gasteiger partial charge in [0.2, 0.25) is 5.91 Å². The number of hydrogen-bond donors (Lipinski definition) is 2. The second kappa shape index (κ2) is 4.69. The molecule has 0 spiro atoms. The molecule has 6 nitrogen and oxygen atoms in total. The second-order valence-electron chi connectivity index (χ2n) is 4.39. The predicted molar refractivity (Wildman–Crippen MR) is 59.3 cm³/mol. The number of nitrogens with zero attached hydrogens (tertiary/aromatic N) is 2. The summed E-state index contributed by atoms with van der Waals surface area (Å²) in [5.74, 6) is -0.0451. The number of piperazine rings is 1. The van der Waals surface area contributed by atoms with Crippen LogP contribution in [0.4, 0.5) is 4.79 Å². The first-order valence-electron chi connectivity index (χ1n) is 5.34. The highest BCUT2D eigenvalue weighted by Crippen LogP contribution is 2.17. The molecule has 1 rings (SSSR count). The minimum absolute atomic E-state index is 0.0451. The lowest BCUT2D eigenvalue weighted by molar-refractivity contribution is -0.132. The summed E-state index contributed by atoms with van der Waals surface area (Å²) in [5, 5.41) is 11.4. The lowest BCUT2D eigenvalue weighted by Crippen LogP contribution is -2.60. The Hall–Kier alpha value is -1.30. The lowest BCUT2D eigenvalue weighted by atomic mass is 10.0. The van der Waals surface area contributed by atoms with E-state index in [4.69, 9.17) is 5.11 Å². The van der Waals surface area contributed by atoms with E-state index in [1.165, 1.54) is 4.90 Å². The Morgan fingerprint density at radius 3 is 2.06 bits per heavy atom. The third-order valence-electron chi connectivity index (χ3n) is 3.12. The molecule has 2 amide bonds. The van der Waals surface area contributed by atoms with Crippen LogP contribution >= 0.6 is 0 Å². The maximum absolute atomic E-state index is 11.7. The normalized spacial score (nSPS) is 18.3. The maximum atomic E-state index is 11.7. The first-order valence-corrected chi connectivity index (χ1v) is 5.34. The first kappa shape index (κ1) is 12.8. The molecule has 0 bridgehead atoms. The van der Waals surface area contributed by atoms with E-state index in [1.54, 1.807) is 7.05 Å². The fraction of sp³-hybridized carbons (Fsp3) is 0.800. The van der Waals surface area contributed by atoms with Crippen LogP contribution in [0, 0.1) is 0 Å². The Bertz CT molecular complexity index is 283. The molecule has 1 heterocycles. The molecule has 0 atom stereocenters. The summed E-state index contributed by atoms with van der Waals surface area (Å²) in [4.78, 5) is 25.8. The quantitative estimate of drug-likeness (QED) is 0.688. The topological polar surface area (TPSA) is 72.9 Å². The SMILES string of the molecule is CNC(=O)C(C)(C)N1CCN(C(=O)O)CC1. The lowest BCUT2D eigenvalue weighted by Gasteiger charge is -2.41. The first-order chi connectivity index (χ1) is 7.39. The number of carbonyl (C=O) groups is 2. The van der Waals surface area contributed by atoms with Crippen LogP contribution in [0.25, 0.3) is 0 Å². The van der Waals surface area contributed by atoms with Crippen LogP contribution in [0.3, 0.4) is 0 Å². The largest absolute Gasteiger partial charge is 0.465 e. The van der Waals surface area contributed by atoms with Crippen LogP contribution in [-0.4, -0.2) is 65.7 Å². The number of likely N-dealkylation sites (N-methyl/N-ethyl adjacent to an activating group) is 1. The van der Waals surface area contributed by atoms with Crippen LogP contribution in [0.2, 0.25) is 0 Å². The van der Waals surface area contributed by atoms with Crippen LogP contribution in [0.15, 0.2) is 0 Å². The van der Waals surface area contributed by atoms with Gasteiger partial charge in [0, 0.05) is 33.2 Å². The van der Waals surface area contributed by atoms with E-state index in [2.05, 4.69) is 5.32 Å². The zero-order valence-electron chi connectivity index (χ0n) is 9.99. The number of rotatable bonds is 2. The minimum Gasteiger partial charge on any atom is -0.465 e. The van der Waals surface area contributed by atoms with Crippen LogP contribution < -0.4 is 5.32 Å². The average molecular weight is 229 g/mol. The Balaban J connectivity index is 2.59. The van der Waals surface area contributed by atoms with Crippen molar-refractivity contribution in [2.75, 3.05) is 33.2 Å². The van der Waals surface area contributed by atoms with E-state index in [9.17, 15) is 9.59 Å². The molecule has 1 aliphatic rings. The van der Waals surface area contributed by atoms with Gasteiger partial charge in [-0.05, 0) is 13.8 Å². The van der Waals surface area contributed by atoms with E-state index in [1.807, 2.05) is 18.7 Å². The van der Waals surface area contributed by atoms with Crippen LogP contribution in [-0.2, 0) is 4.79 Å². The second-order valence-corrected chi connectivity index (χ2v) is 4.39. The summed E-state index contributed by atoms with van der Waals surface area (Å²) >= 11 is 0. The summed E-state index contributed by atoms with van der Waals surface area (Å²) < 4.78 is 0. The van der Waals surface area contributed by atoms with Gasteiger partial charge in [-0.25, -0.2) is 4.79 Å². The molecule has 92 valence electrons. The van der Waals surface area contributed by atoms with Crippen molar-refractivity contribution in [3.63, 3.8) is 0 Å². The molecule has 1 fully saturated rings. The zero-order chi connectivity index (χ0) is 12.3. The Morgan fingerprint density at radius 2 is 1.69 bits per heavy atom. The molecule has 2 N–H and O–H groups in total. The molecule has 0 aliphatic carbocycles. The van der Waals surface area contributed by atoms with Gasteiger partial charge in [-0.1, -0.05) is 0 Å². The van der Waals surface area contributed by atoms with Gasteiger partial charge < -0.3 is 15.3 Å². The fourth-order valence-corrected chi connectivity index (χ4v) is 1.91. The molecule has 0 saturated carbocycles. The van der Waals surface area contributed by atoms with Crippen molar-refractivity contribution in [3.05, 3.63) is 0 Å². The number of hydrogen-bond acceptors (Lipinski definition) is 3. The molecule has 0 aromatic rings. The summed E-state index contributed by atoms with van der Waals surface area (Å²) in [6.45, 7) is 5.79. The highest BCUT2D eigenvalue weighted by Gasteiger charge is 2.36. The van der Waals surface area contributed by atoms with Crippen molar-refractivity contribution in [1.82, 2.24) is 15.1 Å². The van der Waals surface area contributed by atoms with Gasteiger partial charge in [0.15, 0.2) is 0 Å². The van der Waals surface area contributed by atoms with E-state index in [0.717, 1.165) is 0 Å². The van der Waals surface area contributed by atoms with Crippen molar-refractivity contribution in [2.45, 2.75) is 19.4 Å². The molecular formula is C10H19N3O3. The van der Waals surface area contributed by atoms with Crippen molar-refractivity contribution >= 4 is 12.0 Å². The molecule has 0 unspecified atom stereocenters. The number of carbonyl (C=O) groups excluding carboxylic acids is 1. The molecule has 0 aromatic heterocycles. The van der Waals surface area contributed by atoms with E-state index in [-0.39, 0.29) is 5.91 Å². The standard InChI is InChI=1S/C10H19N3O3/c1-10(2,8(14)11-3)13-6-4-12(5-7-13)9(15)16/h4-7H2,1-3H3,(H,11,14)(H,15,16). The van der Waals surface area contributed by atoms with E-state index in [0.29, 0.717) is 26.2 Å². The molecule has 16 heavy (non-hydrogen) atoms. The molecule has 0 radical (unpaired) electrons. The van der Waals surface area contributed by atoms with Crippen molar-refractivity contribution in [2.24, 2.45) is 0 Å². The molecular weight excluding hydrogens is 210 g/mol. The van der Waals surface area contributed by atoms with Crippen molar-refractivity contribution < 1.29 is 14.7 Å². The van der Waals surface area contributed by atoms with Crippen LogP contribution in [0.5, 0.6) is 0 Å². The van der Waals surface area contributed by atoms with Gasteiger partial charge in [-0.3, -0.25) is 9.69 Å². The molecule has 0 aromatic carbocycles. The third-order valence-corrected chi connectivity index (χ3v) is 3.12. The highest BCUT2D eigenvalue weighted by molar-refractivity contribution is 5.85. The maximum Gasteiger partial charge on any atom is 0.407 e. The fourth-order valence-electron chi connectivity index (χ4n) is 1.91. The van der Waals surface area contributed by atoms with Gasteiger partial charge >= 0.3 is 6.09 Å². The highest BCUT2D eigenvalue weighted by atomic mass is 16.4. The summed E-state index contributed by atoms with van der Waals surface area (Å²) in [7, 11) is 1.61. The number of nitrogens with one attached hydrogen (secondary N) is 1. The molecule has 1 saturated heterocycles. The molecule has 1 aliphatic heterocycles. The third kappa shape index (κ3) is 2.44. The van der Waals surface area contributed by atoms with Crippen molar-refractivity contribution in [1.29, 1.82) is 0 Å². The average Bonchev–Trinajstić information content (AvgIpc) is 2.28. The number of amides is 2. The van der Waals surface area contributed by atoms with Gasteiger partial charge in [-0.2, -0.15) is 0 Å². The van der Waals surface area contributed by atoms with E-state index < -0.39 is 11.6 Å². The predicted octanol–water partition coefficient (Wildman–Crippen LogP) is -0.193. The Kier molecular flexibility index (Phi) is 3.74. The minimum atomic E-state index is -0.891. The van der Waals surface area contributed by atoms with Gasteiger partial charge in [-0.15, -0.1) is 0 Å². The van der Waals surface area contributed by atoms with Gasteiger partial charge in [0.05, 0.1) is 5.54 Å². The molecule has 6 heteroatoms. The number of carboxylic acid groups (broad SMARTS) is 1. The Morgan fingerprint density at radius 1 is 1.19 bits per heavy atom. The van der Waals surface area contributed by atoms with Gasteiger partial charge in [0.1, 0.15) is 0 Å².